The molecule has 1 N–H and O–H groups in total. The second-order valence-corrected chi connectivity index (χ2v) is 5.99. The number of nitrogens with one attached hydrogen (secondary N) is 1. The number of aromatic nitrogens is 4. The van der Waals surface area contributed by atoms with Crippen LogP contribution in [0, 0.1) is 0 Å². The number of hydrogen-bond acceptors (Lipinski definition) is 4. The van der Waals surface area contributed by atoms with Crippen LogP contribution in [-0.2, 0) is 7.05 Å². The first kappa shape index (κ1) is 13.5. The minimum absolute atomic E-state index is 0.574. The Balaban J connectivity index is 2.03. The van der Waals surface area contributed by atoms with Crippen molar-refractivity contribution >= 4 is 21.7 Å². The molecule has 2 aromatic rings. The molecule has 0 unspecified atom stereocenters. The molecule has 0 saturated heterocycles. The van der Waals surface area contributed by atoms with Crippen LogP contribution in [0.2, 0.25) is 0 Å². The monoisotopic (exact) mass is 335 g/mol. The summed E-state index contributed by atoms with van der Waals surface area (Å²) in [6, 6.07) is 0. The van der Waals surface area contributed by atoms with Crippen LogP contribution in [0.15, 0.2) is 16.9 Å². The molecule has 1 fully saturated rings. The second-order valence-electron chi connectivity index (χ2n) is 5.20. The van der Waals surface area contributed by atoms with Crippen LogP contribution in [0.5, 0.6) is 0 Å². The lowest BCUT2D eigenvalue weighted by Crippen LogP contribution is -2.07. The summed E-state index contributed by atoms with van der Waals surface area (Å²) in [7, 11) is 1.90. The van der Waals surface area contributed by atoms with Gasteiger partial charge >= 0.3 is 0 Å². The van der Waals surface area contributed by atoms with Crippen molar-refractivity contribution in [3.8, 4) is 11.4 Å². The molecule has 106 valence electrons. The van der Waals surface area contributed by atoms with Crippen LogP contribution in [0.1, 0.15) is 37.8 Å². The van der Waals surface area contributed by atoms with Gasteiger partial charge in [0.2, 0.25) is 0 Å². The molecular formula is C14H18BrN5. The molecule has 0 aromatic carbocycles. The van der Waals surface area contributed by atoms with Crippen molar-refractivity contribution in [2.45, 2.75) is 32.1 Å². The van der Waals surface area contributed by atoms with Crippen LogP contribution in [-0.4, -0.2) is 26.3 Å². The lowest BCUT2D eigenvalue weighted by molar-refractivity contribution is 0.768. The second kappa shape index (κ2) is 5.52. The van der Waals surface area contributed by atoms with Crippen LogP contribution in [0.3, 0.4) is 0 Å². The summed E-state index contributed by atoms with van der Waals surface area (Å²) in [4.78, 5) is 9.38. The lowest BCUT2D eigenvalue weighted by atomic mass is 10.2. The van der Waals surface area contributed by atoms with Gasteiger partial charge < -0.3 is 5.32 Å². The van der Waals surface area contributed by atoms with Gasteiger partial charge in [-0.05, 0) is 35.2 Å². The van der Waals surface area contributed by atoms with Crippen LogP contribution in [0.25, 0.3) is 11.4 Å². The molecule has 1 aliphatic rings. The largest absolute Gasteiger partial charge is 0.369 e. The van der Waals surface area contributed by atoms with E-state index in [1.165, 1.54) is 12.8 Å². The fourth-order valence-electron chi connectivity index (χ4n) is 2.12. The minimum Gasteiger partial charge on any atom is -0.369 e. The summed E-state index contributed by atoms with van der Waals surface area (Å²) in [6.07, 6.45) is 7.26. The first-order valence-corrected chi connectivity index (χ1v) is 7.78. The number of halogens is 1. The third kappa shape index (κ3) is 2.70. The van der Waals surface area contributed by atoms with Crippen LogP contribution in [0.4, 0.5) is 5.82 Å². The molecule has 0 radical (unpaired) electrons. The normalized spacial score (nSPS) is 14.6. The summed E-state index contributed by atoms with van der Waals surface area (Å²) in [5.41, 5.74) is 2.08. The molecule has 1 aliphatic carbocycles. The van der Waals surface area contributed by atoms with Gasteiger partial charge in [-0.25, -0.2) is 9.97 Å². The Morgan fingerprint density at radius 3 is 2.80 bits per heavy atom. The summed E-state index contributed by atoms with van der Waals surface area (Å²) in [5, 5.41) is 7.58. The molecule has 0 atom stereocenters. The quantitative estimate of drug-likeness (QED) is 0.910. The maximum Gasteiger partial charge on any atom is 0.165 e. The molecule has 5 nitrogen and oxygen atoms in total. The SMILES string of the molecule is CCCNc1nc(-c2cnn(C)c2)nc(C2CC2)c1Br. The number of hydrogen-bond donors (Lipinski definition) is 1. The van der Waals surface area contributed by atoms with Gasteiger partial charge in [0.05, 0.1) is 21.9 Å². The van der Waals surface area contributed by atoms with E-state index < -0.39 is 0 Å². The minimum atomic E-state index is 0.574. The Bertz CT molecular complexity index is 618. The number of anilines is 1. The Labute approximate surface area is 127 Å². The van der Waals surface area contributed by atoms with Crippen molar-refractivity contribution in [3.05, 3.63) is 22.6 Å². The van der Waals surface area contributed by atoms with Crippen molar-refractivity contribution in [1.82, 2.24) is 19.7 Å². The average molecular weight is 336 g/mol. The number of nitrogens with zero attached hydrogens (tertiary/aromatic N) is 4. The molecule has 20 heavy (non-hydrogen) atoms. The molecule has 0 amide bonds. The van der Waals surface area contributed by atoms with Gasteiger partial charge in [0.25, 0.3) is 0 Å². The zero-order valence-electron chi connectivity index (χ0n) is 11.7. The fraction of sp³-hybridized carbons (Fsp3) is 0.500. The molecule has 6 heteroatoms. The Kier molecular flexibility index (Phi) is 3.74. The summed E-state index contributed by atoms with van der Waals surface area (Å²) >= 11 is 3.66. The zero-order chi connectivity index (χ0) is 14.1. The van der Waals surface area contributed by atoms with E-state index in [2.05, 4.69) is 38.3 Å². The first-order chi connectivity index (χ1) is 9.69. The van der Waals surface area contributed by atoms with Crippen LogP contribution >= 0.6 is 15.9 Å². The topological polar surface area (TPSA) is 55.6 Å². The van der Waals surface area contributed by atoms with E-state index in [1.54, 1.807) is 4.68 Å². The standard InChI is InChI=1S/C14H18BrN5/c1-3-6-16-14-11(15)12(9-4-5-9)18-13(19-14)10-7-17-20(2)8-10/h7-9H,3-6H2,1-2H3,(H,16,18,19). The number of rotatable bonds is 5. The van der Waals surface area contributed by atoms with E-state index in [0.29, 0.717) is 5.92 Å². The highest BCUT2D eigenvalue weighted by molar-refractivity contribution is 9.10. The van der Waals surface area contributed by atoms with E-state index in [9.17, 15) is 0 Å². The van der Waals surface area contributed by atoms with E-state index >= 15 is 0 Å². The average Bonchev–Trinajstić information content (AvgIpc) is 3.19. The Morgan fingerprint density at radius 1 is 1.40 bits per heavy atom. The summed E-state index contributed by atoms with van der Waals surface area (Å²) < 4.78 is 2.79. The predicted molar refractivity (Wildman–Crippen MR) is 82.7 cm³/mol. The molecule has 2 aromatic heterocycles. The van der Waals surface area contributed by atoms with Gasteiger partial charge in [0, 0.05) is 25.7 Å². The molecule has 0 bridgehead atoms. The maximum atomic E-state index is 4.74. The molecule has 1 saturated carbocycles. The van der Waals surface area contributed by atoms with Gasteiger partial charge in [0.15, 0.2) is 5.82 Å². The molecule has 3 rings (SSSR count). The van der Waals surface area contributed by atoms with Crippen molar-refractivity contribution in [2.75, 3.05) is 11.9 Å². The third-order valence-corrected chi connectivity index (χ3v) is 4.13. The maximum absolute atomic E-state index is 4.74. The van der Waals surface area contributed by atoms with Crippen molar-refractivity contribution in [2.24, 2.45) is 7.05 Å². The van der Waals surface area contributed by atoms with Gasteiger partial charge in [-0.2, -0.15) is 5.10 Å². The lowest BCUT2D eigenvalue weighted by Gasteiger charge is -2.11. The zero-order valence-corrected chi connectivity index (χ0v) is 13.3. The van der Waals surface area contributed by atoms with E-state index in [1.807, 2.05) is 19.4 Å². The van der Waals surface area contributed by atoms with Gasteiger partial charge in [0.1, 0.15) is 5.82 Å². The van der Waals surface area contributed by atoms with Crippen molar-refractivity contribution < 1.29 is 0 Å². The van der Waals surface area contributed by atoms with Crippen molar-refractivity contribution in [1.29, 1.82) is 0 Å². The summed E-state index contributed by atoms with van der Waals surface area (Å²) in [5.74, 6) is 2.22. The first-order valence-electron chi connectivity index (χ1n) is 6.99. The highest BCUT2D eigenvalue weighted by Gasteiger charge is 2.29. The highest BCUT2D eigenvalue weighted by Crippen LogP contribution is 2.44. The van der Waals surface area contributed by atoms with E-state index in [-0.39, 0.29) is 0 Å². The van der Waals surface area contributed by atoms with Gasteiger partial charge in [-0.3, -0.25) is 4.68 Å². The molecule has 2 heterocycles. The third-order valence-electron chi connectivity index (χ3n) is 3.35. The van der Waals surface area contributed by atoms with Crippen LogP contribution < -0.4 is 5.32 Å². The van der Waals surface area contributed by atoms with Crippen molar-refractivity contribution in [3.63, 3.8) is 0 Å². The summed E-state index contributed by atoms with van der Waals surface area (Å²) in [6.45, 7) is 3.05. The van der Waals surface area contributed by atoms with Gasteiger partial charge in [-0.15, -0.1) is 0 Å². The molecule has 0 spiro atoms. The van der Waals surface area contributed by atoms with E-state index in [4.69, 9.17) is 4.98 Å². The van der Waals surface area contributed by atoms with E-state index in [0.717, 1.165) is 40.3 Å². The smallest absolute Gasteiger partial charge is 0.165 e. The number of aryl methyl sites for hydroxylation is 1. The Hall–Kier alpha value is -1.43. The fourth-order valence-corrected chi connectivity index (χ4v) is 2.76. The molecule has 0 aliphatic heterocycles. The highest BCUT2D eigenvalue weighted by atomic mass is 79.9. The van der Waals surface area contributed by atoms with Gasteiger partial charge in [-0.1, -0.05) is 6.92 Å². The predicted octanol–water partition coefficient (Wildman–Crippen LogP) is 3.34. The molecular weight excluding hydrogens is 318 g/mol. The Morgan fingerprint density at radius 2 is 2.20 bits per heavy atom.